The summed E-state index contributed by atoms with van der Waals surface area (Å²) in [5.74, 6) is 0.232. The molecule has 3 rings (SSSR count). The van der Waals surface area contributed by atoms with Crippen LogP contribution >= 0.6 is 11.6 Å². The van der Waals surface area contributed by atoms with Gasteiger partial charge < -0.3 is 9.64 Å². The molecular formula is C13H8ClNO3. The lowest BCUT2D eigenvalue weighted by molar-refractivity contribution is 0.0832. The van der Waals surface area contributed by atoms with E-state index < -0.39 is 5.24 Å². The Morgan fingerprint density at radius 2 is 2.22 bits per heavy atom. The third-order valence-corrected chi connectivity index (χ3v) is 3.10. The second kappa shape index (κ2) is 3.99. The first-order valence-corrected chi connectivity index (χ1v) is 5.74. The molecule has 0 unspecified atom stereocenters. The first kappa shape index (κ1) is 11.0. The van der Waals surface area contributed by atoms with Gasteiger partial charge >= 0.3 is 0 Å². The average Bonchev–Trinajstić information content (AvgIpc) is 2.79. The summed E-state index contributed by atoms with van der Waals surface area (Å²) in [5.41, 5.74) is 1.33. The molecule has 1 amide bonds. The van der Waals surface area contributed by atoms with E-state index in [1.165, 1.54) is 18.4 Å². The fraction of sp³-hybridized carbons (Fsp3) is 0.0769. The van der Waals surface area contributed by atoms with Gasteiger partial charge in [-0.25, -0.2) is 0 Å². The molecule has 0 atom stereocenters. The Balaban J connectivity index is 2.11. The Bertz CT molecular complexity index is 619. The SMILES string of the molecule is O=C(Cl)c1ccc2c(c1)C(=O)N1CC=CC1=CO2. The predicted molar refractivity (Wildman–Crippen MR) is 65.5 cm³/mol. The fourth-order valence-corrected chi connectivity index (χ4v) is 2.09. The largest absolute Gasteiger partial charge is 0.462 e. The predicted octanol–water partition coefficient (Wildman–Crippen LogP) is 2.31. The molecule has 0 aliphatic carbocycles. The molecule has 4 nitrogen and oxygen atoms in total. The second-order valence-corrected chi connectivity index (χ2v) is 4.31. The van der Waals surface area contributed by atoms with Crippen LogP contribution < -0.4 is 4.74 Å². The van der Waals surface area contributed by atoms with E-state index >= 15 is 0 Å². The molecule has 2 aliphatic heterocycles. The molecule has 0 N–H and O–H groups in total. The summed E-state index contributed by atoms with van der Waals surface area (Å²) in [5, 5.41) is -0.595. The average molecular weight is 262 g/mol. The molecule has 0 aromatic heterocycles. The van der Waals surface area contributed by atoms with E-state index in [0.29, 0.717) is 23.6 Å². The van der Waals surface area contributed by atoms with Crippen molar-refractivity contribution in [3.63, 3.8) is 0 Å². The van der Waals surface area contributed by atoms with Crippen LogP contribution in [0.1, 0.15) is 20.7 Å². The van der Waals surface area contributed by atoms with Gasteiger partial charge in [0.05, 0.1) is 11.3 Å². The summed E-state index contributed by atoms with van der Waals surface area (Å²) in [6, 6.07) is 4.57. The highest BCUT2D eigenvalue weighted by atomic mass is 35.5. The number of carbonyl (C=O) groups is 2. The van der Waals surface area contributed by atoms with Crippen molar-refractivity contribution in [2.75, 3.05) is 6.54 Å². The molecule has 1 aromatic carbocycles. The Hall–Kier alpha value is -2.07. The van der Waals surface area contributed by atoms with Crippen molar-refractivity contribution in [3.05, 3.63) is 53.4 Å². The van der Waals surface area contributed by atoms with Gasteiger partial charge in [-0.3, -0.25) is 9.59 Å². The van der Waals surface area contributed by atoms with E-state index in [-0.39, 0.29) is 11.5 Å². The topological polar surface area (TPSA) is 46.6 Å². The van der Waals surface area contributed by atoms with Crippen LogP contribution in [0, 0.1) is 0 Å². The maximum absolute atomic E-state index is 12.3. The molecule has 1 aromatic rings. The van der Waals surface area contributed by atoms with Crippen molar-refractivity contribution in [1.29, 1.82) is 0 Å². The quantitative estimate of drug-likeness (QED) is 0.729. The summed E-state index contributed by atoms with van der Waals surface area (Å²) >= 11 is 5.42. The van der Waals surface area contributed by atoms with Crippen LogP contribution in [0.25, 0.3) is 0 Å². The molecule has 0 spiro atoms. The van der Waals surface area contributed by atoms with Gasteiger partial charge in [0.15, 0.2) is 0 Å². The van der Waals surface area contributed by atoms with Crippen molar-refractivity contribution >= 4 is 22.8 Å². The Morgan fingerprint density at radius 1 is 1.39 bits per heavy atom. The minimum absolute atomic E-state index is 0.196. The number of halogens is 1. The number of nitrogens with zero attached hydrogens (tertiary/aromatic N) is 1. The number of allylic oxidation sites excluding steroid dienone is 1. The number of hydrogen-bond acceptors (Lipinski definition) is 3. The minimum atomic E-state index is -0.595. The smallest absolute Gasteiger partial charge is 0.262 e. The highest BCUT2D eigenvalue weighted by molar-refractivity contribution is 6.67. The third kappa shape index (κ3) is 1.62. The summed E-state index contributed by atoms with van der Waals surface area (Å²) in [6.07, 6.45) is 5.21. The standard InChI is InChI=1S/C13H8ClNO3/c14-12(16)8-3-4-11-10(6-8)13(17)15-5-1-2-9(15)7-18-11/h1-4,6-7H,5H2. The molecule has 0 fully saturated rings. The van der Waals surface area contributed by atoms with Gasteiger partial charge in [0.2, 0.25) is 0 Å². The zero-order valence-corrected chi connectivity index (χ0v) is 9.98. The first-order valence-electron chi connectivity index (χ1n) is 5.36. The zero-order chi connectivity index (χ0) is 12.7. The number of fused-ring (bicyclic) bond motifs is 2. The van der Waals surface area contributed by atoms with Crippen molar-refractivity contribution in [2.24, 2.45) is 0 Å². The van der Waals surface area contributed by atoms with Crippen LogP contribution in [0.2, 0.25) is 0 Å². The molecule has 0 radical (unpaired) electrons. The molecule has 0 saturated heterocycles. The van der Waals surface area contributed by atoms with Gasteiger partial charge in [-0.2, -0.15) is 0 Å². The van der Waals surface area contributed by atoms with E-state index in [1.807, 2.05) is 12.2 Å². The lowest BCUT2D eigenvalue weighted by Gasteiger charge is -2.15. The van der Waals surface area contributed by atoms with Gasteiger partial charge in [-0.1, -0.05) is 6.08 Å². The van der Waals surface area contributed by atoms with Gasteiger partial charge in [-0.05, 0) is 35.9 Å². The van der Waals surface area contributed by atoms with E-state index in [9.17, 15) is 9.59 Å². The van der Waals surface area contributed by atoms with Gasteiger partial charge in [0, 0.05) is 12.1 Å². The Morgan fingerprint density at radius 3 is 3.00 bits per heavy atom. The highest BCUT2D eigenvalue weighted by Gasteiger charge is 2.27. The van der Waals surface area contributed by atoms with Crippen LogP contribution in [-0.2, 0) is 0 Å². The van der Waals surface area contributed by atoms with Gasteiger partial charge in [-0.15, -0.1) is 0 Å². The van der Waals surface area contributed by atoms with Crippen LogP contribution in [-0.4, -0.2) is 22.6 Å². The number of ether oxygens (including phenoxy) is 1. The summed E-state index contributed by atoms with van der Waals surface area (Å²) in [4.78, 5) is 25.0. The summed E-state index contributed by atoms with van der Waals surface area (Å²) in [7, 11) is 0. The summed E-state index contributed by atoms with van der Waals surface area (Å²) in [6.45, 7) is 0.506. The summed E-state index contributed by atoms with van der Waals surface area (Å²) < 4.78 is 5.44. The zero-order valence-electron chi connectivity index (χ0n) is 9.22. The number of rotatable bonds is 1. The van der Waals surface area contributed by atoms with E-state index in [0.717, 1.165) is 0 Å². The number of carbonyl (C=O) groups excluding carboxylic acids is 2. The Kier molecular flexibility index (Phi) is 2.45. The van der Waals surface area contributed by atoms with E-state index in [1.54, 1.807) is 11.0 Å². The first-order chi connectivity index (χ1) is 8.66. The van der Waals surface area contributed by atoms with Crippen molar-refractivity contribution in [1.82, 2.24) is 4.90 Å². The molecule has 5 heteroatoms. The fourth-order valence-electron chi connectivity index (χ4n) is 1.97. The normalized spacial score (nSPS) is 16.6. The minimum Gasteiger partial charge on any atom is -0.462 e. The lowest BCUT2D eigenvalue weighted by atomic mass is 10.1. The van der Waals surface area contributed by atoms with Crippen molar-refractivity contribution in [3.8, 4) is 5.75 Å². The molecule has 18 heavy (non-hydrogen) atoms. The van der Waals surface area contributed by atoms with E-state index in [4.69, 9.17) is 16.3 Å². The maximum Gasteiger partial charge on any atom is 0.262 e. The molecular weight excluding hydrogens is 254 g/mol. The number of hydrogen-bond donors (Lipinski definition) is 0. The van der Waals surface area contributed by atoms with Crippen LogP contribution in [0.5, 0.6) is 5.75 Å². The van der Waals surface area contributed by atoms with Crippen molar-refractivity contribution < 1.29 is 14.3 Å². The van der Waals surface area contributed by atoms with Crippen LogP contribution in [0.15, 0.2) is 42.3 Å². The molecule has 0 bridgehead atoms. The second-order valence-electron chi connectivity index (χ2n) is 3.96. The Labute approximate surface area is 108 Å². The lowest BCUT2D eigenvalue weighted by Crippen LogP contribution is -2.26. The highest BCUT2D eigenvalue weighted by Crippen LogP contribution is 2.29. The number of amides is 1. The van der Waals surface area contributed by atoms with Crippen molar-refractivity contribution in [2.45, 2.75) is 0 Å². The monoisotopic (exact) mass is 261 g/mol. The van der Waals surface area contributed by atoms with Gasteiger partial charge in [0.1, 0.15) is 12.0 Å². The van der Waals surface area contributed by atoms with Crippen LogP contribution in [0.3, 0.4) is 0 Å². The molecule has 90 valence electrons. The van der Waals surface area contributed by atoms with Crippen LogP contribution in [0.4, 0.5) is 0 Å². The molecule has 2 heterocycles. The molecule has 0 saturated carbocycles. The van der Waals surface area contributed by atoms with E-state index in [2.05, 4.69) is 0 Å². The maximum atomic E-state index is 12.3. The number of benzene rings is 1. The third-order valence-electron chi connectivity index (χ3n) is 2.88. The van der Waals surface area contributed by atoms with Gasteiger partial charge in [0.25, 0.3) is 11.1 Å². The molecule has 2 aliphatic rings.